The van der Waals surface area contributed by atoms with Crippen molar-refractivity contribution in [3.63, 3.8) is 0 Å². The number of carbonyl (C=O) groups is 1. The number of carboxylic acids is 1. The molecular formula is C9H11NO5S. The third-order valence-electron chi connectivity index (χ3n) is 2.63. The van der Waals surface area contributed by atoms with Crippen LogP contribution in [0.15, 0.2) is 10.6 Å². The second kappa shape index (κ2) is 3.89. The Balaban J connectivity index is 2.12. The molecule has 0 aliphatic carbocycles. The number of aromatic nitrogens is 1. The van der Waals surface area contributed by atoms with Crippen molar-refractivity contribution < 1.29 is 22.7 Å². The molecule has 16 heavy (non-hydrogen) atoms. The van der Waals surface area contributed by atoms with E-state index in [0.29, 0.717) is 12.8 Å². The van der Waals surface area contributed by atoms with Gasteiger partial charge in [-0.25, -0.2) is 18.2 Å². The summed E-state index contributed by atoms with van der Waals surface area (Å²) in [5.74, 6) is -1.09. The molecule has 6 nitrogen and oxygen atoms in total. The summed E-state index contributed by atoms with van der Waals surface area (Å²) in [6.45, 7) is 0. The summed E-state index contributed by atoms with van der Waals surface area (Å²) in [5, 5.41) is 8.13. The maximum absolute atomic E-state index is 11.5. The van der Waals surface area contributed by atoms with E-state index in [9.17, 15) is 13.2 Å². The molecule has 1 atom stereocenters. The second-order valence-corrected chi connectivity index (χ2v) is 6.16. The molecule has 88 valence electrons. The predicted molar refractivity (Wildman–Crippen MR) is 54.0 cm³/mol. The summed E-state index contributed by atoms with van der Waals surface area (Å²) in [7, 11) is -3.04. The number of hydrogen-bond donors (Lipinski definition) is 1. The largest absolute Gasteiger partial charge is 0.475 e. The van der Waals surface area contributed by atoms with Gasteiger partial charge in [-0.05, 0) is 12.8 Å². The third kappa shape index (κ3) is 2.08. The minimum absolute atomic E-state index is 0.162. The van der Waals surface area contributed by atoms with Gasteiger partial charge in [-0.2, -0.15) is 0 Å². The van der Waals surface area contributed by atoms with Crippen LogP contribution in [-0.4, -0.2) is 35.5 Å². The van der Waals surface area contributed by atoms with Gasteiger partial charge in [0.1, 0.15) is 0 Å². The highest BCUT2D eigenvalue weighted by atomic mass is 32.2. The minimum atomic E-state index is -3.04. The fourth-order valence-corrected chi connectivity index (χ4v) is 3.61. The molecule has 1 aliphatic heterocycles. The number of oxazole rings is 1. The Hall–Kier alpha value is -1.37. The highest BCUT2D eigenvalue weighted by Crippen LogP contribution is 2.23. The smallest absolute Gasteiger partial charge is 0.373 e. The van der Waals surface area contributed by atoms with Gasteiger partial charge in [0.05, 0.1) is 17.2 Å². The van der Waals surface area contributed by atoms with Gasteiger partial charge in [0.2, 0.25) is 5.76 Å². The van der Waals surface area contributed by atoms with Crippen LogP contribution in [0, 0.1) is 0 Å². The van der Waals surface area contributed by atoms with E-state index >= 15 is 0 Å². The molecule has 1 saturated heterocycles. The van der Waals surface area contributed by atoms with Crippen molar-refractivity contribution in [2.75, 3.05) is 5.75 Å². The molecule has 7 heteroatoms. The van der Waals surface area contributed by atoms with Crippen LogP contribution in [-0.2, 0) is 16.3 Å². The lowest BCUT2D eigenvalue weighted by Gasteiger charge is -2.04. The Morgan fingerprint density at radius 3 is 2.88 bits per heavy atom. The van der Waals surface area contributed by atoms with Crippen molar-refractivity contribution in [1.82, 2.24) is 4.98 Å². The average Bonchev–Trinajstić information content (AvgIpc) is 2.75. The lowest BCUT2D eigenvalue weighted by molar-refractivity contribution is 0.0660. The fraction of sp³-hybridized carbons (Fsp3) is 0.556. The Morgan fingerprint density at radius 2 is 2.38 bits per heavy atom. The Kier molecular flexibility index (Phi) is 2.71. The van der Waals surface area contributed by atoms with Crippen molar-refractivity contribution in [1.29, 1.82) is 0 Å². The molecule has 2 heterocycles. The van der Waals surface area contributed by atoms with Gasteiger partial charge in [0, 0.05) is 6.42 Å². The van der Waals surface area contributed by atoms with E-state index in [1.54, 1.807) is 0 Å². The first-order valence-corrected chi connectivity index (χ1v) is 6.60. The van der Waals surface area contributed by atoms with Crippen LogP contribution < -0.4 is 0 Å². The molecule has 1 unspecified atom stereocenters. The summed E-state index contributed by atoms with van der Waals surface area (Å²) >= 11 is 0. The van der Waals surface area contributed by atoms with Crippen molar-refractivity contribution in [3.8, 4) is 0 Å². The molecule has 0 aromatic carbocycles. The molecule has 1 fully saturated rings. The van der Waals surface area contributed by atoms with E-state index in [1.165, 1.54) is 0 Å². The molecule has 1 aliphatic rings. The lowest BCUT2D eigenvalue weighted by atomic mass is 10.2. The second-order valence-electron chi connectivity index (χ2n) is 3.76. The molecule has 0 radical (unpaired) electrons. The quantitative estimate of drug-likeness (QED) is 0.832. The summed E-state index contributed by atoms with van der Waals surface area (Å²) in [4.78, 5) is 14.3. The standard InChI is InChI=1S/C9H11NO5S/c11-9(12)7-5-10-8(15-7)4-6-2-1-3-16(6,13)14/h5-6H,1-4H2,(H,11,12). The van der Waals surface area contributed by atoms with Crippen LogP contribution in [0.4, 0.5) is 0 Å². The van der Waals surface area contributed by atoms with Gasteiger partial charge in [0.15, 0.2) is 15.7 Å². The molecule has 1 aromatic heterocycles. The monoisotopic (exact) mass is 245 g/mol. The molecule has 0 bridgehead atoms. The van der Waals surface area contributed by atoms with Gasteiger partial charge in [-0.3, -0.25) is 0 Å². The minimum Gasteiger partial charge on any atom is -0.475 e. The summed E-state index contributed by atoms with van der Waals surface area (Å²) < 4.78 is 28.0. The summed E-state index contributed by atoms with van der Waals surface area (Å²) in [5.41, 5.74) is 0. The number of hydrogen-bond acceptors (Lipinski definition) is 5. The van der Waals surface area contributed by atoms with Gasteiger partial charge in [-0.15, -0.1) is 0 Å². The summed E-state index contributed by atoms with van der Waals surface area (Å²) in [6.07, 6.45) is 2.50. The first kappa shape index (κ1) is 11.1. The lowest BCUT2D eigenvalue weighted by Crippen LogP contribution is -2.18. The normalized spacial score (nSPS) is 23.4. The van der Waals surface area contributed by atoms with E-state index in [4.69, 9.17) is 9.52 Å². The molecule has 2 rings (SSSR count). The topological polar surface area (TPSA) is 97.5 Å². The Labute approximate surface area is 92.2 Å². The van der Waals surface area contributed by atoms with E-state index in [1.807, 2.05) is 0 Å². The van der Waals surface area contributed by atoms with E-state index < -0.39 is 21.1 Å². The Bertz CT molecular complexity index is 504. The van der Waals surface area contributed by atoms with Gasteiger partial charge in [-0.1, -0.05) is 0 Å². The van der Waals surface area contributed by atoms with Gasteiger partial charge < -0.3 is 9.52 Å². The zero-order chi connectivity index (χ0) is 11.8. The number of nitrogens with zero attached hydrogens (tertiary/aromatic N) is 1. The van der Waals surface area contributed by atoms with Crippen molar-refractivity contribution in [2.45, 2.75) is 24.5 Å². The number of carboxylic acid groups (broad SMARTS) is 1. The first-order valence-electron chi connectivity index (χ1n) is 4.88. The maximum Gasteiger partial charge on any atom is 0.373 e. The summed E-state index contributed by atoms with van der Waals surface area (Å²) in [6, 6.07) is 0. The molecular weight excluding hydrogens is 234 g/mol. The van der Waals surface area contributed by atoms with Crippen LogP contribution in [0.5, 0.6) is 0 Å². The molecule has 0 amide bonds. The Morgan fingerprint density at radius 1 is 1.62 bits per heavy atom. The number of aromatic carboxylic acids is 1. The molecule has 0 saturated carbocycles. The van der Waals surface area contributed by atoms with Crippen molar-refractivity contribution in [3.05, 3.63) is 17.8 Å². The van der Waals surface area contributed by atoms with Gasteiger partial charge >= 0.3 is 5.97 Å². The highest BCUT2D eigenvalue weighted by Gasteiger charge is 2.32. The van der Waals surface area contributed by atoms with Crippen LogP contribution in [0.25, 0.3) is 0 Å². The van der Waals surface area contributed by atoms with E-state index in [-0.39, 0.29) is 23.8 Å². The van der Waals surface area contributed by atoms with Crippen LogP contribution in [0.3, 0.4) is 0 Å². The molecule has 1 N–H and O–H groups in total. The maximum atomic E-state index is 11.5. The predicted octanol–water partition coefficient (Wildman–Crippen LogP) is 0.493. The van der Waals surface area contributed by atoms with Crippen LogP contribution in [0.2, 0.25) is 0 Å². The van der Waals surface area contributed by atoms with Crippen LogP contribution in [0.1, 0.15) is 29.3 Å². The van der Waals surface area contributed by atoms with Crippen LogP contribution >= 0.6 is 0 Å². The zero-order valence-electron chi connectivity index (χ0n) is 8.42. The third-order valence-corrected chi connectivity index (χ3v) is 4.91. The number of rotatable bonds is 3. The number of sulfone groups is 1. The fourth-order valence-electron chi connectivity index (χ4n) is 1.79. The van der Waals surface area contributed by atoms with Crippen molar-refractivity contribution >= 4 is 15.8 Å². The molecule has 1 aromatic rings. The van der Waals surface area contributed by atoms with Crippen molar-refractivity contribution in [2.24, 2.45) is 0 Å². The SMILES string of the molecule is O=C(O)c1cnc(CC2CCCS2(=O)=O)o1. The van der Waals surface area contributed by atoms with Gasteiger partial charge in [0.25, 0.3) is 0 Å². The zero-order valence-corrected chi connectivity index (χ0v) is 9.24. The first-order chi connectivity index (χ1) is 7.49. The molecule has 0 spiro atoms. The average molecular weight is 245 g/mol. The highest BCUT2D eigenvalue weighted by molar-refractivity contribution is 7.92. The van der Waals surface area contributed by atoms with E-state index in [0.717, 1.165) is 6.20 Å². The van der Waals surface area contributed by atoms with E-state index in [2.05, 4.69) is 4.98 Å².